The smallest absolute Gasteiger partial charge is 0.253 e. The van der Waals surface area contributed by atoms with Crippen molar-refractivity contribution in [3.8, 4) is 0 Å². The zero-order chi connectivity index (χ0) is 11.4. The number of aromatic nitrogens is 5. The normalized spacial score (nSPS) is 10.1. The molecule has 0 unspecified atom stereocenters. The maximum absolute atomic E-state index is 11.6. The Balaban J connectivity index is 1.97. The van der Waals surface area contributed by atoms with Crippen LogP contribution in [0.1, 0.15) is 16.2 Å². The van der Waals surface area contributed by atoms with Crippen LogP contribution < -0.4 is 5.32 Å². The highest BCUT2D eigenvalue weighted by Crippen LogP contribution is 1.96. The number of carbonyl (C=O) groups is 1. The predicted octanol–water partition coefficient (Wildman–Crippen LogP) is -0.465. The molecule has 0 saturated carbocycles. The molecule has 7 heteroatoms. The van der Waals surface area contributed by atoms with E-state index in [2.05, 4.69) is 25.8 Å². The van der Waals surface area contributed by atoms with Crippen LogP contribution >= 0.6 is 0 Å². The lowest BCUT2D eigenvalue weighted by Gasteiger charge is -2.02. The minimum atomic E-state index is -0.198. The molecular formula is C9H10N6O. The van der Waals surface area contributed by atoms with Crippen molar-refractivity contribution in [1.29, 1.82) is 0 Å². The summed E-state index contributed by atoms with van der Waals surface area (Å²) in [5.74, 6) is 0.397. The van der Waals surface area contributed by atoms with E-state index in [0.717, 1.165) is 0 Å². The third-order valence-corrected chi connectivity index (χ3v) is 2.04. The van der Waals surface area contributed by atoms with E-state index in [4.69, 9.17) is 0 Å². The fraction of sp³-hybridized carbons (Fsp3) is 0.222. The van der Waals surface area contributed by atoms with Crippen LogP contribution in [0.3, 0.4) is 0 Å². The van der Waals surface area contributed by atoms with Gasteiger partial charge >= 0.3 is 0 Å². The fourth-order valence-electron chi connectivity index (χ4n) is 1.16. The molecule has 2 heterocycles. The number of nitrogens with one attached hydrogen (secondary N) is 1. The summed E-state index contributed by atoms with van der Waals surface area (Å²) >= 11 is 0. The molecule has 0 aliphatic carbocycles. The van der Waals surface area contributed by atoms with Crippen LogP contribution in [0.15, 0.2) is 24.5 Å². The average Bonchev–Trinajstić information content (AvgIpc) is 2.73. The molecule has 0 saturated heterocycles. The molecule has 0 fully saturated rings. The summed E-state index contributed by atoms with van der Waals surface area (Å²) in [5.41, 5.74) is 0.512. The highest BCUT2D eigenvalue weighted by Gasteiger charge is 2.07. The Morgan fingerprint density at radius 2 is 2.44 bits per heavy atom. The van der Waals surface area contributed by atoms with E-state index in [1.54, 1.807) is 25.4 Å². The van der Waals surface area contributed by atoms with E-state index in [0.29, 0.717) is 11.4 Å². The summed E-state index contributed by atoms with van der Waals surface area (Å²) in [6.45, 7) is 0.289. The van der Waals surface area contributed by atoms with Crippen LogP contribution in [-0.4, -0.2) is 31.1 Å². The topological polar surface area (TPSA) is 85.6 Å². The van der Waals surface area contributed by atoms with Crippen molar-refractivity contribution in [2.24, 2.45) is 7.05 Å². The molecule has 0 aromatic carbocycles. The number of rotatable bonds is 3. The second kappa shape index (κ2) is 4.47. The number of tetrazole rings is 1. The Bertz CT molecular complexity index is 480. The third-order valence-electron chi connectivity index (χ3n) is 2.04. The first-order chi connectivity index (χ1) is 7.77. The van der Waals surface area contributed by atoms with E-state index < -0.39 is 0 Å². The number of carbonyl (C=O) groups excluding carboxylic acids is 1. The first kappa shape index (κ1) is 10.2. The lowest BCUT2D eigenvalue weighted by atomic mass is 10.3. The minimum absolute atomic E-state index is 0.198. The fourth-order valence-corrected chi connectivity index (χ4v) is 1.16. The zero-order valence-electron chi connectivity index (χ0n) is 8.66. The van der Waals surface area contributed by atoms with E-state index in [9.17, 15) is 4.79 Å². The van der Waals surface area contributed by atoms with Gasteiger partial charge in [0.15, 0.2) is 5.82 Å². The van der Waals surface area contributed by atoms with Crippen LogP contribution in [0, 0.1) is 0 Å². The molecule has 7 nitrogen and oxygen atoms in total. The highest BCUT2D eigenvalue weighted by molar-refractivity contribution is 5.93. The molecule has 1 N–H and O–H groups in total. The molecule has 0 atom stereocenters. The molecule has 2 aromatic heterocycles. The summed E-state index contributed by atoms with van der Waals surface area (Å²) < 4.78 is 1.50. The third kappa shape index (κ3) is 2.19. The van der Waals surface area contributed by atoms with Crippen LogP contribution in [0.5, 0.6) is 0 Å². The van der Waals surface area contributed by atoms with Crippen molar-refractivity contribution in [2.45, 2.75) is 6.54 Å². The first-order valence-electron chi connectivity index (χ1n) is 4.67. The number of aryl methyl sites for hydroxylation is 1. The lowest BCUT2D eigenvalue weighted by molar-refractivity contribution is 0.0949. The number of nitrogens with zero attached hydrogens (tertiary/aromatic N) is 5. The van der Waals surface area contributed by atoms with Crippen molar-refractivity contribution in [3.63, 3.8) is 0 Å². The van der Waals surface area contributed by atoms with Crippen LogP contribution in [0.4, 0.5) is 0 Å². The van der Waals surface area contributed by atoms with Gasteiger partial charge in [-0.2, -0.15) is 0 Å². The predicted molar refractivity (Wildman–Crippen MR) is 54.2 cm³/mol. The van der Waals surface area contributed by atoms with Gasteiger partial charge in [0.05, 0.1) is 12.1 Å². The molecule has 0 aliphatic rings. The number of hydrogen-bond acceptors (Lipinski definition) is 5. The van der Waals surface area contributed by atoms with Gasteiger partial charge in [-0.05, 0) is 22.6 Å². The average molecular weight is 218 g/mol. The van der Waals surface area contributed by atoms with Gasteiger partial charge in [0.25, 0.3) is 5.91 Å². The summed E-state index contributed by atoms with van der Waals surface area (Å²) in [6, 6.07) is 3.40. The van der Waals surface area contributed by atoms with Gasteiger partial charge in [-0.25, -0.2) is 4.68 Å². The maximum atomic E-state index is 11.6. The molecule has 82 valence electrons. The standard InChI is InChI=1S/C9H10N6O/c1-15-8(12-13-14-15)6-11-9(16)7-3-2-4-10-5-7/h2-5H,6H2,1H3,(H,11,16). The minimum Gasteiger partial charge on any atom is -0.345 e. The quantitative estimate of drug-likeness (QED) is 0.753. The molecule has 2 aromatic rings. The molecule has 1 amide bonds. The van der Waals surface area contributed by atoms with Gasteiger partial charge in [-0.1, -0.05) is 0 Å². The van der Waals surface area contributed by atoms with E-state index in [1.165, 1.54) is 10.9 Å². The summed E-state index contributed by atoms with van der Waals surface area (Å²) in [5, 5.41) is 13.6. The summed E-state index contributed by atoms with van der Waals surface area (Å²) in [6.07, 6.45) is 3.12. The van der Waals surface area contributed by atoms with Gasteiger partial charge < -0.3 is 5.32 Å². The largest absolute Gasteiger partial charge is 0.345 e. The molecule has 0 radical (unpaired) electrons. The van der Waals surface area contributed by atoms with E-state index >= 15 is 0 Å². The van der Waals surface area contributed by atoms with Crippen LogP contribution in [0.2, 0.25) is 0 Å². The molecule has 16 heavy (non-hydrogen) atoms. The second-order valence-electron chi connectivity index (χ2n) is 3.14. The van der Waals surface area contributed by atoms with Gasteiger partial charge in [-0.15, -0.1) is 5.10 Å². The maximum Gasteiger partial charge on any atom is 0.253 e. The Morgan fingerprint density at radius 1 is 1.56 bits per heavy atom. The van der Waals surface area contributed by atoms with Gasteiger partial charge in [0.1, 0.15) is 0 Å². The SMILES string of the molecule is Cn1nnnc1CNC(=O)c1cccnc1. The van der Waals surface area contributed by atoms with Crippen molar-refractivity contribution < 1.29 is 4.79 Å². The molecule has 0 aliphatic heterocycles. The second-order valence-corrected chi connectivity index (χ2v) is 3.14. The molecule has 0 bridgehead atoms. The Kier molecular flexibility index (Phi) is 2.86. The van der Waals surface area contributed by atoms with E-state index in [-0.39, 0.29) is 12.5 Å². The summed E-state index contributed by atoms with van der Waals surface area (Å²) in [4.78, 5) is 15.5. The Labute approximate surface area is 91.5 Å². The van der Waals surface area contributed by atoms with Crippen molar-refractivity contribution in [3.05, 3.63) is 35.9 Å². The number of hydrogen-bond donors (Lipinski definition) is 1. The van der Waals surface area contributed by atoms with Crippen molar-refractivity contribution >= 4 is 5.91 Å². The first-order valence-corrected chi connectivity index (χ1v) is 4.67. The zero-order valence-corrected chi connectivity index (χ0v) is 8.66. The van der Waals surface area contributed by atoms with Gasteiger partial charge in [-0.3, -0.25) is 9.78 Å². The number of pyridine rings is 1. The summed E-state index contributed by atoms with van der Waals surface area (Å²) in [7, 11) is 1.71. The molecule has 2 rings (SSSR count). The molecule has 0 spiro atoms. The highest BCUT2D eigenvalue weighted by atomic mass is 16.1. The number of amides is 1. The molecular weight excluding hydrogens is 208 g/mol. The van der Waals surface area contributed by atoms with Gasteiger partial charge in [0, 0.05) is 19.4 Å². The Hall–Kier alpha value is -2.31. The van der Waals surface area contributed by atoms with Crippen LogP contribution in [-0.2, 0) is 13.6 Å². The van der Waals surface area contributed by atoms with Gasteiger partial charge in [0.2, 0.25) is 0 Å². The Morgan fingerprint density at radius 3 is 3.06 bits per heavy atom. The van der Waals surface area contributed by atoms with E-state index in [1.807, 2.05) is 0 Å². The monoisotopic (exact) mass is 218 g/mol. The van der Waals surface area contributed by atoms with Crippen molar-refractivity contribution in [1.82, 2.24) is 30.5 Å². The van der Waals surface area contributed by atoms with Crippen LogP contribution in [0.25, 0.3) is 0 Å². The van der Waals surface area contributed by atoms with Crippen molar-refractivity contribution in [2.75, 3.05) is 0 Å². The lowest BCUT2D eigenvalue weighted by Crippen LogP contribution is -2.24.